The number of guanidine groups is 1. The normalized spacial score (nSPS) is 50.5. The molecule has 0 radical (unpaired) electrons. The molecule has 0 amide bonds. The smallest absolute Gasteiger partial charge is 0.293 e. The highest BCUT2D eigenvalue weighted by Gasteiger charge is 2.84. The second-order valence-corrected chi connectivity index (χ2v) is 16.4. The molecule has 252 valence electrons. The Morgan fingerprint density at radius 1 is 1.15 bits per heavy atom. The Balaban J connectivity index is 1.28. The van der Waals surface area contributed by atoms with Crippen LogP contribution in [-0.4, -0.2) is 79.8 Å². The lowest BCUT2D eigenvalue weighted by atomic mass is 9.34. The molecule has 0 aromatic heterocycles. The fraction of sp³-hybridized carbons (Fsp3) is 0.784. The van der Waals surface area contributed by atoms with E-state index in [-0.39, 0.29) is 46.9 Å². The number of ether oxygens (including phenoxy) is 1. The lowest BCUT2D eigenvalue weighted by Crippen LogP contribution is -3.19. The Hall–Kier alpha value is -2.04. The molecular formula is C37H54N4O5. The fourth-order valence-corrected chi connectivity index (χ4v) is 13.9. The zero-order valence-electron chi connectivity index (χ0n) is 27.7. The molecule has 13 atom stereocenters. The average molecular weight is 635 g/mol. The summed E-state index contributed by atoms with van der Waals surface area (Å²) in [4.78, 5) is 19.2. The highest BCUT2D eigenvalue weighted by atomic mass is 16.5. The van der Waals surface area contributed by atoms with E-state index in [1.165, 1.54) is 4.90 Å². The number of quaternary nitrogens is 1. The summed E-state index contributed by atoms with van der Waals surface area (Å²) in [5.41, 5.74) is 5.30. The quantitative estimate of drug-likeness (QED) is 0.165. The van der Waals surface area contributed by atoms with Crippen molar-refractivity contribution in [2.75, 3.05) is 39.8 Å². The maximum atomic E-state index is 13.6. The zero-order valence-corrected chi connectivity index (χ0v) is 27.7. The minimum absolute atomic E-state index is 0.0142. The molecule has 8 aliphatic rings. The summed E-state index contributed by atoms with van der Waals surface area (Å²) in [6, 6.07) is 0. The van der Waals surface area contributed by atoms with Crippen molar-refractivity contribution in [2.24, 2.45) is 62.5 Å². The predicted octanol–water partition coefficient (Wildman–Crippen LogP) is 0.728. The van der Waals surface area contributed by atoms with Crippen molar-refractivity contribution in [3.05, 3.63) is 35.5 Å². The molecule has 8 rings (SSSR count). The van der Waals surface area contributed by atoms with Gasteiger partial charge in [0.25, 0.3) is 5.96 Å². The van der Waals surface area contributed by atoms with E-state index in [0.717, 1.165) is 76.6 Å². The number of aliphatic hydroxyl groups excluding tert-OH is 1. The number of rotatable bonds is 6. The fourth-order valence-electron chi connectivity index (χ4n) is 13.9. The number of likely N-dealkylation sites (tertiary alicyclic amines) is 1. The third-order valence-electron chi connectivity index (χ3n) is 15.3. The zero-order chi connectivity index (χ0) is 32.1. The van der Waals surface area contributed by atoms with E-state index in [0.29, 0.717) is 43.1 Å². The first kappa shape index (κ1) is 31.2. The number of hydrogen-bond donors (Lipinski definition) is 5. The number of fused-ring (bicyclic) bond motifs is 3. The van der Waals surface area contributed by atoms with E-state index in [4.69, 9.17) is 10.5 Å². The van der Waals surface area contributed by atoms with Crippen LogP contribution in [0.4, 0.5) is 0 Å². The number of aliphatic carboxylic acids is 1. The Labute approximate surface area is 273 Å². The molecule has 2 aliphatic heterocycles. The highest BCUT2D eigenvalue weighted by Crippen LogP contribution is 2.84. The van der Waals surface area contributed by atoms with Gasteiger partial charge in [-0.05, 0) is 81.5 Å². The number of carbonyl (C=O) groups is 1. The molecule has 9 nitrogen and oxygen atoms in total. The average Bonchev–Trinajstić information content (AvgIpc) is 3.42. The van der Waals surface area contributed by atoms with Gasteiger partial charge in [-0.2, -0.15) is 0 Å². The molecule has 6 aliphatic carbocycles. The highest BCUT2D eigenvalue weighted by molar-refractivity contribution is 5.91. The molecule has 2 saturated heterocycles. The number of nitrogens with one attached hydrogen (secondary N) is 2. The van der Waals surface area contributed by atoms with E-state index in [9.17, 15) is 20.1 Å². The molecule has 13 unspecified atom stereocenters. The van der Waals surface area contributed by atoms with Gasteiger partial charge in [-0.3, -0.25) is 4.90 Å². The van der Waals surface area contributed by atoms with Crippen LogP contribution in [0.1, 0.15) is 71.1 Å². The number of carboxylic acid groups (broad SMARTS) is 1. The van der Waals surface area contributed by atoms with Crippen molar-refractivity contribution < 1.29 is 29.8 Å². The molecule has 2 spiro atoms. The van der Waals surface area contributed by atoms with Gasteiger partial charge in [-0.1, -0.05) is 36.8 Å². The molecule has 0 aromatic carbocycles. The van der Waals surface area contributed by atoms with Crippen LogP contribution in [0.25, 0.3) is 0 Å². The predicted molar refractivity (Wildman–Crippen MR) is 172 cm³/mol. The van der Waals surface area contributed by atoms with E-state index in [2.05, 4.69) is 41.5 Å². The minimum Gasteiger partial charge on any atom is -0.545 e. The lowest BCUT2D eigenvalue weighted by molar-refractivity contribution is -0.832. The van der Waals surface area contributed by atoms with E-state index < -0.39 is 23.1 Å². The molecule has 2 heterocycles. The van der Waals surface area contributed by atoms with Crippen molar-refractivity contribution >= 4 is 11.9 Å². The molecule has 9 heteroatoms. The SMILES string of the molecule is CN=C(N)[NH+]1CCC2(CNCCO)CCC3C(O)(C4CCC5CCC6C=CC=CC6C5O4)C(C(=O)[O-])=C4CC5CCC(C)C43C52C1. The Bertz CT molecular complexity index is 1390. The lowest BCUT2D eigenvalue weighted by Gasteiger charge is -2.71. The summed E-state index contributed by atoms with van der Waals surface area (Å²) >= 11 is 0. The summed E-state index contributed by atoms with van der Waals surface area (Å²) in [6.07, 6.45) is 17.5. The molecule has 6 fully saturated rings. The number of aliphatic hydroxyl groups is 2. The maximum absolute atomic E-state index is 13.6. The van der Waals surface area contributed by atoms with Crippen LogP contribution in [0.15, 0.2) is 40.4 Å². The van der Waals surface area contributed by atoms with Gasteiger partial charge < -0.3 is 35.9 Å². The maximum Gasteiger partial charge on any atom is 0.293 e. The summed E-state index contributed by atoms with van der Waals surface area (Å²) in [5.74, 6) is 0.789. The third kappa shape index (κ3) is 3.75. The van der Waals surface area contributed by atoms with Crippen LogP contribution in [-0.2, 0) is 9.53 Å². The standard InChI is InChI=1S/C37H54N4O5/c1-22-7-11-25-19-27-30(32(43)44)37(45,29-12-10-24-9-8-23-5-3-4-6-26(23)31(24)46-29)28-13-14-34(20-40-16-18-42)15-17-41(33(38)39-2)21-35(25,34)36(22,27)28/h3-6,22-26,28-29,31,40,42,45H,7-21H2,1-2H3,(H2,38,39)(H,43,44). The minimum atomic E-state index is -1.60. The van der Waals surface area contributed by atoms with Crippen molar-refractivity contribution in [3.8, 4) is 0 Å². The molecule has 4 saturated carbocycles. The first-order valence-electron chi connectivity index (χ1n) is 18.3. The van der Waals surface area contributed by atoms with Crippen LogP contribution in [0.3, 0.4) is 0 Å². The Morgan fingerprint density at radius 3 is 2.74 bits per heavy atom. The Kier molecular flexibility index (Phi) is 7.46. The molecular weight excluding hydrogens is 580 g/mol. The third-order valence-corrected chi connectivity index (χ3v) is 15.3. The second-order valence-electron chi connectivity index (χ2n) is 16.4. The summed E-state index contributed by atoms with van der Waals surface area (Å²) in [7, 11) is 1.76. The van der Waals surface area contributed by atoms with Gasteiger partial charge in [0.05, 0.1) is 37.9 Å². The molecule has 6 N–H and O–H groups in total. The number of nitrogens with zero attached hydrogens (tertiary/aromatic N) is 1. The van der Waals surface area contributed by atoms with Gasteiger partial charge in [-0.15, -0.1) is 0 Å². The van der Waals surface area contributed by atoms with E-state index in [1.807, 2.05) is 0 Å². The van der Waals surface area contributed by atoms with Gasteiger partial charge in [0.15, 0.2) is 0 Å². The van der Waals surface area contributed by atoms with Gasteiger partial charge in [-0.25, -0.2) is 4.99 Å². The second kappa shape index (κ2) is 11.0. The monoisotopic (exact) mass is 634 g/mol. The number of piperidine rings is 1. The van der Waals surface area contributed by atoms with Crippen LogP contribution in [0.5, 0.6) is 0 Å². The number of allylic oxidation sites excluding steroid dienone is 4. The van der Waals surface area contributed by atoms with Gasteiger partial charge in [0.2, 0.25) is 0 Å². The summed E-state index contributed by atoms with van der Waals surface area (Å²) in [6.45, 7) is 5.39. The van der Waals surface area contributed by atoms with Gasteiger partial charge in [0.1, 0.15) is 5.60 Å². The number of hydrogen-bond acceptors (Lipinski definition) is 7. The van der Waals surface area contributed by atoms with E-state index >= 15 is 0 Å². The van der Waals surface area contributed by atoms with Gasteiger partial charge in [0, 0.05) is 60.2 Å². The van der Waals surface area contributed by atoms with E-state index in [1.54, 1.807) is 7.05 Å². The number of aliphatic imine (C=N–C) groups is 1. The van der Waals surface area contributed by atoms with Crippen LogP contribution in [0.2, 0.25) is 0 Å². The van der Waals surface area contributed by atoms with Crippen molar-refractivity contribution in [2.45, 2.75) is 88.9 Å². The van der Waals surface area contributed by atoms with Crippen molar-refractivity contribution in [3.63, 3.8) is 0 Å². The van der Waals surface area contributed by atoms with Crippen molar-refractivity contribution in [1.29, 1.82) is 0 Å². The molecule has 46 heavy (non-hydrogen) atoms. The largest absolute Gasteiger partial charge is 0.545 e. The molecule has 2 bridgehead atoms. The van der Waals surface area contributed by atoms with Crippen LogP contribution < -0.4 is 21.1 Å². The topological polar surface area (TPSA) is 145 Å². The van der Waals surface area contributed by atoms with Gasteiger partial charge >= 0.3 is 0 Å². The summed E-state index contributed by atoms with van der Waals surface area (Å²) < 4.78 is 7.12. The first-order valence-corrected chi connectivity index (χ1v) is 18.3. The number of nitrogens with two attached hydrogens (primary N) is 1. The Morgan fingerprint density at radius 2 is 1.96 bits per heavy atom. The number of carboxylic acids is 1. The van der Waals surface area contributed by atoms with Crippen molar-refractivity contribution in [1.82, 2.24) is 5.32 Å². The van der Waals surface area contributed by atoms with Crippen LogP contribution in [0, 0.1) is 51.8 Å². The number of carbonyl (C=O) groups excluding carboxylic acids is 1. The first-order chi connectivity index (χ1) is 22.2. The molecule has 0 aromatic rings. The summed E-state index contributed by atoms with van der Waals surface area (Å²) in [5, 5.41) is 40.4. The van der Waals surface area contributed by atoms with Crippen LogP contribution >= 0.6 is 0 Å².